The van der Waals surface area contributed by atoms with Crippen molar-refractivity contribution >= 4 is 14.0 Å². The minimum Gasteiger partial charge on any atom is -0.494 e. The number of carbonyl (C=O) groups excluding carboxylic acids is 1. The van der Waals surface area contributed by atoms with Crippen LogP contribution in [0, 0.1) is 0 Å². The molecule has 0 aliphatic heterocycles. The molecule has 21 heavy (non-hydrogen) atoms. The fourth-order valence-electron chi connectivity index (χ4n) is 1.64. The Balaban J connectivity index is 2.11. The van der Waals surface area contributed by atoms with Gasteiger partial charge in [-0.3, -0.25) is 4.79 Å². The summed E-state index contributed by atoms with van der Waals surface area (Å²) >= 11 is 0. The van der Waals surface area contributed by atoms with Crippen molar-refractivity contribution in [2.24, 2.45) is 0 Å². The van der Waals surface area contributed by atoms with Gasteiger partial charge in [0.15, 0.2) is 0 Å². The van der Waals surface area contributed by atoms with Gasteiger partial charge in [0, 0.05) is 14.5 Å². The van der Waals surface area contributed by atoms with Crippen LogP contribution in [-0.4, -0.2) is 32.4 Å². The fourth-order valence-corrected chi connectivity index (χ4v) is 2.36. The Labute approximate surface area is 128 Å². The smallest absolute Gasteiger partial charge is 0.305 e. The fraction of sp³-hybridized carbons (Fsp3) is 0.562. The third-order valence-electron chi connectivity index (χ3n) is 3.02. The molecule has 0 amide bonds. The molecule has 0 aromatic heterocycles. The molecule has 1 aromatic rings. The van der Waals surface area contributed by atoms with E-state index in [0.29, 0.717) is 26.1 Å². The molecular weight excluding hydrogens is 284 g/mol. The van der Waals surface area contributed by atoms with Gasteiger partial charge in [0.25, 0.3) is 0 Å². The number of ether oxygens (including phenoxy) is 2. The first kappa shape index (κ1) is 17.7. The molecule has 0 heterocycles. The lowest BCUT2D eigenvalue weighted by Gasteiger charge is -2.15. The maximum absolute atomic E-state index is 11.5. The van der Waals surface area contributed by atoms with Crippen molar-refractivity contribution in [1.29, 1.82) is 0 Å². The van der Waals surface area contributed by atoms with E-state index < -0.39 is 8.07 Å². The zero-order valence-electron chi connectivity index (χ0n) is 13.2. The second-order valence-electron chi connectivity index (χ2n) is 6.29. The van der Waals surface area contributed by atoms with Crippen molar-refractivity contribution in [3.63, 3.8) is 0 Å². The molecule has 0 fully saturated rings. The number of rotatable bonds is 9. The molecule has 0 saturated carbocycles. The van der Waals surface area contributed by atoms with E-state index in [4.69, 9.17) is 14.6 Å². The molecule has 1 aromatic carbocycles. The van der Waals surface area contributed by atoms with E-state index in [1.165, 1.54) is 0 Å². The summed E-state index contributed by atoms with van der Waals surface area (Å²) in [5, 5.41) is 8.94. The minimum absolute atomic E-state index is 0.0313. The van der Waals surface area contributed by atoms with E-state index in [-0.39, 0.29) is 12.6 Å². The first-order valence-electron chi connectivity index (χ1n) is 7.39. The monoisotopic (exact) mass is 310 g/mol. The number of benzene rings is 1. The van der Waals surface area contributed by atoms with E-state index in [1.807, 2.05) is 24.3 Å². The highest BCUT2D eigenvalue weighted by Crippen LogP contribution is 2.13. The second kappa shape index (κ2) is 8.84. The van der Waals surface area contributed by atoms with Gasteiger partial charge in [-0.05, 0) is 30.2 Å². The van der Waals surface area contributed by atoms with Crippen LogP contribution in [0.5, 0.6) is 5.75 Å². The Hall–Kier alpha value is -1.33. The van der Waals surface area contributed by atoms with Crippen LogP contribution in [0.2, 0.25) is 25.7 Å². The van der Waals surface area contributed by atoms with Crippen LogP contribution >= 0.6 is 0 Å². The van der Waals surface area contributed by atoms with Crippen LogP contribution < -0.4 is 4.74 Å². The number of hydrogen-bond donors (Lipinski definition) is 1. The van der Waals surface area contributed by atoms with Gasteiger partial charge in [-0.2, -0.15) is 0 Å². The maximum atomic E-state index is 11.5. The highest BCUT2D eigenvalue weighted by atomic mass is 28.3. The Morgan fingerprint density at radius 2 is 1.81 bits per heavy atom. The summed E-state index contributed by atoms with van der Waals surface area (Å²) in [6.45, 7) is 7.84. The topological polar surface area (TPSA) is 55.8 Å². The average molecular weight is 310 g/mol. The van der Waals surface area contributed by atoms with E-state index in [9.17, 15) is 4.79 Å². The summed E-state index contributed by atoms with van der Waals surface area (Å²) < 4.78 is 10.7. The molecule has 0 aliphatic carbocycles. The summed E-state index contributed by atoms with van der Waals surface area (Å²) in [6, 6.07) is 8.28. The highest BCUT2D eigenvalue weighted by Gasteiger charge is 2.13. The van der Waals surface area contributed by atoms with Gasteiger partial charge < -0.3 is 14.6 Å². The van der Waals surface area contributed by atoms with Gasteiger partial charge >= 0.3 is 5.97 Å². The van der Waals surface area contributed by atoms with Crippen molar-refractivity contribution in [3.8, 4) is 5.75 Å². The third-order valence-corrected chi connectivity index (χ3v) is 4.72. The van der Waals surface area contributed by atoms with Crippen LogP contribution in [0.25, 0.3) is 0 Å². The summed E-state index contributed by atoms with van der Waals surface area (Å²) in [5.74, 6) is 0.603. The van der Waals surface area contributed by atoms with Crippen molar-refractivity contribution in [2.45, 2.75) is 45.1 Å². The average Bonchev–Trinajstić information content (AvgIpc) is 2.43. The largest absolute Gasteiger partial charge is 0.494 e. The molecule has 1 rings (SSSR count). The first-order chi connectivity index (χ1) is 9.90. The molecule has 4 nitrogen and oxygen atoms in total. The van der Waals surface area contributed by atoms with E-state index in [2.05, 4.69) is 19.6 Å². The van der Waals surface area contributed by atoms with Gasteiger partial charge in [0.05, 0.1) is 19.8 Å². The van der Waals surface area contributed by atoms with Gasteiger partial charge in [-0.15, -0.1) is 0 Å². The zero-order valence-corrected chi connectivity index (χ0v) is 14.2. The summed E-state index contributed by atoms with van der Waals surface area (Å²) in [7, 11) is -1.13. The molecule has 0 saturated heterocycles. The van der Waals surface area contributed by atoms with Gasteiger partial charge in [-0.25, -0.2) is 0 Å². The number of aliphatic hydroxyl groups is 1. The predicted molar refractivity (Wildman–Crippen MR) is 86.2 cm³/mol. The van der Waals surface area contributed by atoms with E-state index in [0.717, 1.165) is 17.4 Å². The lowest BCUT2D eigenvalue weighted by Crippen LogP contribution is -2.22. The Bertz CT molecular complexity index is 423. The van der Waals surface area contributed by atoms with Gasteiger partial charge in [-0.1, -0.05) is 31.8 Å². The number of aliphatic hydroxyl groups excluding tert-OH is 1. The molecule has 0 atom stereocenters. The normalized spacial score (nSPS) is 11.2. The van der Waals surface area contributed by atoms with Gasteiger partial charge in [0.1, 0.15) is 5.75 Å². The Kier molecular flexibility index (Phi) is 7.46. The van der Waals surface area contributed by atoms with Crippen LogP contribution in [0.3, 0.4) is 0 Å². The van der Waals surface area contributed by atoms with E-state index in [1.54, 1.807) is 0 Å². The standard InChI is InChI=1S/C16H26O4Si/c1-21(2,3)12-11-20-16(18)5-4-10-19-15-8-6-14(13-17)7-9-15/h6-9,17H,4-5,10-13H2,1-3H3. The third kappa shape index (κ3) is 8.52. The molecular formula is C16H26O4Si. The number of esters is 1. The van der Waals surface area contributed by atoms with E-state index >= 15 is 0 Å². The summed E-state index contributed by atoms with van der Waals surface area (Å²) in [5.41, 5.74) is 0.855. The Morgan fingerprint density at radius 1 is 1.14 bits per heavy atom. The maximum Gasteiger partial charge on any atom is 0.305 e. The van der Waals surface area contributed by atoms with Crippen LogP contribution in [0.4, 0.5) is 0 Å². The number of carbonyl (C=O) groups is 1. The molecule has 0 bridgehead atoms. The van der Waals surface area contributed by atoms with Crippen LogP contribution in [-0.2, 0) is 16.1 Å². The quantitative estimate of drug-likeness (QED) is 0.432. The molecule has 1 N–H and O–H groups in total. The molecule has 5 heteroatoms. The highest BCUT2D eigenvalue weighted by molar-refractivity contribution is 6.76. The first-order valence-corrected chi connectivity index (χ1v) is 11.1. The SMILES string of the molecule is C[Si](C)(C)CCOC(=O)CCCOc1ccc(CO)cc1. The molecule has 0 radical (unpaired) electrons. The second-order valence-corrected chi connectivity index (χ2v) is 11.9. The molecule has 0 spiro atoms. The zero-order chi connectivity index (χ0) is 15.7. The number of hydrogen-bond acceptors (Lipinski definition) is 4. The van der Waals surface area contributed by atoms with Crippen molar-refractivity contribution in [1.82, 2.24) is 0 Å². The predicted octanol–water partition coefficient (Wildman–Crippen LogP) is 3.22. The Morgan fingerprint density at radius 3 is 2.38 bits per heavy atom. The minimum atomic E-state index is -1.13. The summed E-state index contributed by atoms with van der Waals surface area (Å²) in [4.78, 5) is 11.5. The lowest BCUT2D eigenvalue weighted by atomic mass is 10.2. The van der Waals surface area contributed by atoms with Crippen molar-refractivity contribution in [2.75, 3.05) is 13.2 Å². The van der Waals surface area contributed by atoms with Crippen molar-refractivity contribution in [3.05, 3.63) is 29.8 Å². The molecule has 0 aliphatic rings. The molecule has 0 unspecified atom stereocenters. The van der Waals surface area contributed by atoms with Crippen molar-refractivity contribution < 1.29 is 19.4 Å². The lowest BCUT2D eigenvalue weighted by molar-refractivity contribution is -0.143. The summed E-state index contributed by atoms with van der Waals surface area (Å²) in [6.07, 6.45) is 1.04. The molecule has 118 valence electrons. The van der Waals surface area contributed by atoms with Crippen LogP contribution in [0.15, 0.2) is 24.3 Å². The van der Waals surface area contributed by atoms with Gasteiger partial charge in [0.2, 0.25) is 0 Å². The van der Waals surface area contributed by atoms with Crippen LogP contribution in [0.1, 0.15) is 18.4 Å².